The third-order valence-electron chi connectivity index (χ3n) is 4.04. The lowest BCUT2D eigenvalue weighted by molar-refractivity contribution is 0.203. The summed E-state index contributed by atoms with van der Waals surface area (Å²) >= 11 is 0. The van der Waals surface area contributed by atoms with Gasteiger partial charge in [-0.05, 0) is 34.9 Å². The minimum atomic E-state index is 0.316. The SMILES string of the molecule is CC(C)C(C)(C)C(C)c1ccc(N)cc1. The van der Waals surface area contributed by atoms with E-state index in [2.05, 4.69) is 46.8 Å². The Hall–Kier alpha value is -0.980. The maximum absolute atomic E-state index is 5.70. The van der Waals surface area contributed by atoms with Crippen molar-refractivity contribution in [3.05, 3.63) is 29.8 Å². The molecule has 1 aromatic carbocycles. The lowest BCUT2D eigenvalue weighted by Crippen LogP contribution is -2.26. The Morgan fingerprint density at radius 3 is 1.87 bits per heavy atom. The zero-order valence-corrected chi connectivity index (χ0v) is 10.5. The second-order valence-electron chi connectivity index (χ2n) is 5.36. The van der Waals surface area contributed by atoms with Crippen molar-refractivity contribution in [3.63, 3.8) is 0 Å². The molecule has 0 fully saturated rings. The molecule has 0 spiro atoms. The molecule has 0 aliphatic carbocycles. The standard InChI is InChI=1S/C14H23N/c1-10(2)14(4,5)11(3)12-6-8-13(15)9-7-12/h6-11H,15H2,1-5H3. The van der Waals surface area contributed by atoms with Crippen molar-refractivity contribution < 1.29 is 0 Å². The first-order chi connectivity index (χ1) is 6.85. The molecule has 0 aliphatic heterocycles. The van der Waals surface area contributed by atoms with E-state index in [4.69, 9.17) is 5.73 Å². The van der Waals surface area contributed by atoms with Gasteiger partial charge >= 0.3 is 0 Å². The number of hydrogen-bond acceptors (Lipinski definition) is 1. The van der Waals surface area contributed by atoms with Gasteiger partial charge in [0.15, 0.2) is 0 Å². The van der Waals surface area contributed by atoms with E-state index in [-0.39, 0.29) is 0 Å². The molecule has 0 saturated heterocycles. The summed E-state index contributed by atoms with van der Waals surface area (Å²) in [5.74, 6) is 1.23. The largest absolute Gasteiger partial charge is 0.399 e. The van der Waals surface area contributed by atoms with Crippen molar-refractivity contribution in [3.8, 4) is 0 Å². The molecular weight excluding hydrogens is 182 g/mol. The summed E-state index contributed by atoms with van der Waals surface area (Å²) in [5, 5.41) is 0. The topological polar surface area (TPSA) is 26.0 Å². The van der Waals surface area contributed by atoms with Gasteiger partial charge in [-0.1, -0.05) is 46.8 Å². The summed E-state index contributed by atoms with van der Waals surface area (Å²) in [7, 11) is 0. The molecule has 1 unspecified atom stereocenters. The number of hydrogen-bond donors (Lipinski definition) is 1. The van der Waals surface area contributed by atoms with Crippen molar-refractivity contribution in [2.75, 3.05) is 5.73 Å². The molecule has 1 heteroatoms. The first kappa shape index (κ1) is 12.1. The van der Waals surface area contributed by atoms with Gasteiger partial charge in [-0.25, -0.2) is 0 Å². The average molecular weight is 205 g/mol. The summed E-state index contributed by atoms with van der Waals surface area (Å²) in [6.45, 7) is 11.5. The molecule has 0 radical (unpaired) electrons. The summed E-state index contributed by atoms with van der Waals surface area (Å²) in [5.41, 5.74) is 8.23. The number of anilines is 1. The molecule has 0 amide bonds. The smallest absolute Gasteiger partial charge is 0.0314 e. The molecule has 0 aromatic heterocycles. The van der Waals surface area contributed by atoms with Crippen LogP contribution in [0.25, 0.3) is 0 Å². The van der Waals surface area contributed by atoms with Crippen LogP contribution < -0.4 is 5.73 Å². The zero-order chi connectivity index (χ0) is 11.6. The van der Waals surface area contributed by atoms with Gasteiger partial charge in [-0.2, -0.15) is 0 Å². The van der Waals surface area contributed by atoms with Crippen molar-refractivity contribution in [2.45, 2.75) is 40.5 Å². The first-order valence-corrected chi connectivity index (χ1v) is 5.71. The Morgan fingerprint density at radius 1 is 1.00 bits per heavy atom. The van der Waals surface area contributed by atoms with Crippen LogP contribution in [-0.2, 0) is 0 Å². The minimum absolute atomic E-state index is 0.316. The van der Waals surface area contributed by atoms with E-state index in [1.807, 2.05) is 12.1 Å². The number of nitrogens with two attached hydrogens (primary N) is 1. The van der Waals surface area contributed by atoms with Crippen molar-refractivity contribution in [1.29, 1.82) is 0 Å². The van der Waals surface area contributed by atoms with Crippen molar-refractivity contribution in [2.24, 2.45) is 11.3 Å². The van der Waals surface area contributed by atoms with Gasteiger partial charge in [0.1, 0.15) is 0 Å². The summed E-state index contributed by atoms with van der Waals surface area (Å²) in [4.78, 5) is 0. The molecule has 0 heterocycles. The fourth-order valence-corrected chi connectivity index (χ4v) is 1.71. The average Bonchev–Trinajstić information content (AvgIpc) is 2.17. The molecular formula is C14H23N. The molecule has 1 nitrogen and oxygen atoms in total. The summed E-state index contributed by atoms with van der Waals surface area (Å²) in [6, 6.07) is 8.26. The zero-order valence-electron chi connectivity index (χ0n) is 10.5. The Kier molecular flexibility index (Phi) is 3.43. The van der Waals surface area contributed by atoms with E-state index >= 15 is 0 Å². The minimum Gasteiger partial charge on any atom is -0.399 e. The third-order valence-corrected chi connectivity index (χ3v) is 4.04. The van der Waals surface area contributed by atoms with E-state index in [9.17, 15) is 0 Å². The highest BCUT2D eigenvalue weighted by Crippen LogP contribution is 2.41. The van der Waals surface area contributed by atoms with Crippen LogP contribution in [0.2, 0.25) is 0 Å². The second-order valence-corrected chi connectivity index (χ2v) is 5.36. The maximum atomic E-state index is 5.70. The van der Waals surface area contributed by atoms with E-state index in [1.165, 1.54) is 5.56 Å². The highest BCUT2D eigenvalue weighted by atomic mass is 14.5. The third kappa shape index (κ3) is 2.53. The highest BCUT2D eigenvalue weighted by molar-refractivity contribution is 5.40. The number of nitrogen functional groups attached to an aromatic ring is 1. The molecule has 84 valence electrons. The molecule has 0 saturated carbocycles. The van der Waals surface area contributed by atoms with Crippen LogP contribution in [0.5, 0.6) is 0 Å². The molecule has 0 bridgehead atoms. The predicted molar refractivity (Wildman–Crippen MR) is 67.9 cm³/mol. The van der Waals surface area contributed by atoms with Gasteiger partial charge < -0.3 is 5.73 Å². The summed E-state index contributed by atoms with van der Waals surface area (Å²) < 4.78 is 0. The van der Waals surface area contributed by atoms with Crippen LogP contribution in [0, 0.1) is 11.3 Å². The quantitative estimate of drug-likeness (QED) is 0.740. The van der Waals surface area contributed by atoms with Gasteiger partial charge in [0.05, 0.1) is 0 Å². The Balaban J connectivity index is 2.94. The van der Waals surface area contributed by atoms with Crippen LogP contribution in [0.4, 0.5) is 5.69 Å². The van der Waals surface area contributed by atoms with Crippen LogP contribution in [0.15, 0.2) is 24.3 Å². The molecule has 0 aliphatic rings. The lowest BCUT2D eigenvalue weighted by atomic mass is 9.69. The predicted octanol–water partition coefficient (Wildman–Crippen LogP) is 4.05. The number of rotatable bonds is 3. The van der Waals surface area contributed by atoms with Gasteiger partial charge in [-0.15, -0.1) is 0 Å². The molecule has 1 atom stereocenters. The Labute approximate surface area is 93.7 Å². The van der Waals surface area contributed by atoms with Gasteiger partial charge in [0.25, 0.3) is 0 Å². The fraction of sp³-hybridized carbons (Fsp3) is 0.571. The Morgan fingerprint density at radius 2 is 1.47 bits per heavy atom. The van der Waals surface area contributed by atoms with Gasteiger partial charge in [0, 0.05) is 5.69 Å². The van der Waals surface area contributed by atoms with Crippen LogP contribution >= 0.6 is 0 Å². The van der Waals surface area contributed by atoms with Gasteiger partial charge in [0.2, 0.25) is 0 Å². The molecule has 1 aromatic rings. The van der Waals surface area contributed by atoms with Gasteiger partial charge in [-0.3, -0.25) is 0 Å². The first-order valence-electron chi connectivity index (χ1n) is 5.71. The van der Waals surface area contributed by atoms with E-state index in [1.54, 1.807) is 0 Å². The molecule has 2 N–H and O–H groups in total. The van der Waals surface area contributed by atoms with E-state index in [0.29, 0.717) is 17.3 Å². The summed E-state index contributed by atoms with van der Waals surface area (Å²) in [6.07, 6.45) is 0. The van der Waals surface area contributed by atoms with Crippen molar-refractivity contribution >= 4 is 5.69 Å². The van der Waals surface area contributed by atoms with Crippen LogP contribution in [0.3, 0.4) is 0 Å². The van der Waals surface area contributed by atoms with Crippen LogP contribution in [0.1, 0.15) is 46.1 Å². The normalized spacial score (nSPS) is 14.3. The van der Waals surface area contributed by atoms with Crippen molar-refractivity contribution in [1.82, 2.24) is 0 Å². The van der Waals surface area contributed by atoms with E-state index in [0.717, 1.165) is 5.69 Å². The Bertz CT molecular complexity index is 309. The molecule has 1 rings (SSSR count). The highest BCUT2D eigenvalue weighted by Gasteiger charge is 2.30. The lowest BCUT2D eigenvalue weighted by Gasteiger charge is -2.36. The molecule has 15 heavy (non-hydrogen) atoms. The second kappa shape index (κ2) is 4.26. The number of benzene rings is 1. The fourth-order valence-electron chi connectivity index (χ4n) is 1.71. The van der Waals surface area contributed by atoms with E-state index < -0.39 is 0 Å². The maximum Gasteiger partial charge on any atom is 0.0314 e. The monoisotopic (exact) mass is 205 g/mol. The van der Waals surface area contributed by atoms with Crippen LogP contribution in [-0.4, -0.2) is 0 Å².